The van der Waals surface area contributed by atoms with E-state index in [-0.39, 0.29) is 18.2 Å². The van der Waals surface area contributed by atoms with E-state index in [1.54, 1.807) is 33.3 Å². The maximum atomic E-state index is 12.3. The van der Waals surface area contributed by atoms with Crippen LogP contribution < -0.4 is 20.1 Å². The van der Waals surface area contributed by atoms with Gasteiger partial charge >= 0.3 is 0 Å². The Balaban J connectivity index is 1.62. The topological polar surface area (TPSA) is 101 Å². The molecule has 9 heteroatoms. The molecule has 0 aromatic heterocycles. The number of thioether (sulfide) groups is 1. The zero-order valence-corrected chi connectivity index (χ0v) is 18.6. The molecule has 1 aliphatic rings. The predicted octanol–water partition coefficient (Wildman–Crippen LogP) is 3.35. The zero-order chi connectivity index (χ0) is 22.4. The van der Waals surface area contributed by atoms with Gasteiger partial charge in [0.05, 0.1) is 19.9 Å². The summed E-state index contributed by atoms with van der Waals surface area (Å²) in [5.74, 6) is 0.714. The molecule has 1 unspecified atom stereocenters. The number of amides is 2. The Hall–Kier alpha value is -3.33. The van der Waals surface area contributed by atoms with Gasteiger partial charge in [-0.05, 0) is 44.2 Å². The summed E-state index contributed by atoms with van der Waals surface area (Å²) in [6.07, 6.45) is 0.0434. The fourth-order valence-electron chi connectivity index (χ4n) is 2.84. The SMILES string of the molecule is COc1ccc(/C(C)=N/N=C2/NC(=O)C(CC(=O)Nc3ccc(C)cc3)S2)cc1OC. The molecule has 1 atom stereocenters. The van der Waals surface area contributed by atoms with Crippen LogP contribution in [0, 0.1) is 6.92 Å². The summed E-state index contributed by atoms with van der Waals surface area (Å²) in [7, 11) is 3.13. The van der Waals surface area contributed by atoms with E-state index < -0.39 is 5.25 Å². The fourth-order valence-corrected chi connectivity index (χ4v) is 3.76. The first-order chi connectivity index (χ1) is 14.9. The third-order valence-electron chi connectivity index (χ3n) is 4.57. The van der Waals surface area contributed by atoms with Gasteiger partial charge in [0.25, 0.3) is 0 Å². The Morgan fingerprint density at radius 1 is 1.13 bits per heavy atom. The summed E-state index contributed by atoms with van der Waals surface area (Å²) in [6.45, 7) is 3.78. The molecule has 0 saturated carbocycles. The van der Waals surface area contributed by atoms with Gasteiger partial charge in [-0.1, -0.05) is 29.5 Å². The number of ether oxygens (including phenoxy) is 2. The maximum absolute atomic E-state index is 12.3. The quantitative estimate of drug-likeness (QED) is 0.508. The van der Waals surface area contributed by atoms with Crippen molar-refractivity contribution in [3.05, 3.63) is 53.6 Å². The number of rotatable bonds is 7. The monoisotopic (exact) mass is 440 g/mol. The van der Waals surface area contributed by atoms with Crippen LogP contribution in [0.3, 0.4) is 0 Å². The number of anilines is 1. The van der Waals surface area contributed by atoms with Crippen LogP contribution in [0.4, 0.5) is 5.69 Å². The van der Waals surface area contributed by atoms with Crippen molar-refractivity contribution >= 4 is 40.1 Å². The third-order valence-corrected chi connectivity index (χ3v) is 5.65. The van der Waals surface area contributed by atoms with Crippen LogP contribution >= 0.6 is 11.8 Å². The van der Waals surface area contributed by atoms with Gasteiger partial charge in [0.15, 0.2) is 16.7 Å². The van der Waals surface area contributed by atoms with Gasteiger partial charge in [0.1, 0.15) is 5.25 Å². The van der Waals surface area contributed by atoms with Crippen LogP contribution in [0.1, 0.15) is 24.5 Å². The molecule has 2 amide bonds. The van der Waals surface area contributed by atoms with Crippen molar-refractivity contribution in [2.45, 2.75) is 25.5 Å². The highest BCUT2D eigenvalue weighted by atomic mass is 32.2. The van der Waals surface area contributed by atoms with E-state index in [0.29, 0.717) is 28.1 Å². The highest BCUT2D eigenvalue weighted by Gasteiger charge is 2.32. The molecular formula is C22H24N4O4S. The molecule has 1 aliphatic heterocycles. The molecule has 0 aliphatic carbocycles. The second-order valence-electron chi connectivity index (χ2n) is 6.87. The Bertz CT molecular complexity index is 1030. The van der Waals surface area contributed by atoms with Gasteiger partial charge in [-0.25, -0.2) is 0 Å². The molecule has 0 radical (unpaired) electrons. The van der Waals surface area contributed by atoms with Crippen LogP contribution in [-0.2, 0) is 9.59 Å². The average Bonchev–Trinajstić information content (AvgIpc) is 3.12. The second kappa shape index (κ2) is 10.1. The molecule has 31 heavy (non-hydrogen) atoms. The van der Waals surface area contributed by atoms with Crippen molar-refractivity contribution in [1.29, 1.82) is 0 Å². The number of methoxy groups -OCH3 is 2. The zero-order valence-electron chi connectivity index (χ0n) is 17.8. The standard InChI is InChI=1S/C22H24N4O4S/c1-13-5-8-16(9-6-13)23-20(27)12-19-21(28)24-22(31-19)26-25-14(2)15-7-10-17(29-3)18(11-15)30-4/h5-11,19H,12H2,1-4H3,(H,23,27)(H,24,26,28)/b25-14+. The molecule has 162 valence electrons. The molecule has 1 saturated heterocycles. The number of nitrogens with zero attached hydrogens (tertiary/aromatic N) is 2. The minimum absolute atomic E-state index is 0.0434. The number of benzene rings is 2. The van der Waals surface area contributed by atoms with Gasteiger partial charge in [-0.2, -0.15) is 5.10 Å². The minimum atomic E-state index is -0.555. The number of amidine groups is 1. The van der Waals surface area contributed by atoms with E-state index in [2.05, 4.69) is 20.8 Å². The first-order valence-corrected chi connectivity index (χ1v) is 10.5. The van der Waals surface area contributed by atoms with Gasteiger partial charge in [0.2, 0.25) is 11.8 Å². The number of aryl methyl sites for hydroxylation is 1. The van der Waals surface area contributed by atoms with Crippen molar-refractivity contribution in [3.63, 3.8) is 0 Å². The summed E-state index contributed by atoms with van der Waals surface area (Å²) >= 11 is 1.19. The number of carbonyl (C=O) groups is 2. The van der Waals surface area contributed by atoms with Crippen molar-refractivity contribution in [1.82, 2.24) is 5.32 Å². The minimum Gasteiger partial charge on any atom is -0.493 e. The summed E-state index contributed by atoms with van der Waals surface area (Å²) in [5, 5.41) is 13.6. The molecule has 8 nitrogen and oxygen atoms in total. The molecule has 1 fully saturated rings. The normalized spacial score (nSPS) is 17.4. The summed E-state index contributed by atoms with van der Waals surface area (Å²) in [4.78, 5) is 24.5. The van der Waals surface area contributed by atoms with Gasteiger partial charge in [-0.15, -0.1) is 5.10 Å². The Morgan fingerprint density at radius 2 is 1.84 bits per heavy atom. The number of nitrogens with one attached hydrogen (secondary N) is 2. The fraction of sp³-hybridized carbons (Fsp3) is 0.273. The molecule has 2 N–H and O–H groups in total. The molecule has 2 aromatic carbocycles. The molecule has 3 rings (SSSR count). The molecule has 0 bridgehead atoms. The number of carbonyl (C=O) groups excluding carboxylic acids is 2. The van der Waals surface area contributed by atoms with Gasteiger partial charge in [0, 0.05) is 17.7 Å². The summed E-state index contributed by atoms with van der Waals surface area (Å²) < 4.78 is 10.5. The van der Waals surface area contributed by atoms with Crippen LogP contribution in [0.15, 0.2) is 52.7 Å². The lowest BCUT2D eigenvalue weighted by Crippen LogP contribution is -2.28. The van der Waals surface area contributed by atoms with Crippen molar-refractivity contribution < 1.29 is 19.1 Å². The lowest BCUT2D eigenvalue weighted by molar-refractivity contribution is -0.122. The maximum Gasteiger partial charge on any atom is 0.240 e. The Morgan fingerprint density at radius 3 is 2.52 bits per heavy atom. The van der Waals surface area contributed by atoms with Crippen LogP contribution in [0.25, 0.3) is 0 Å². The van der Waals surface area contributed by atoms with Crippen molar-refractivity contribution in [2.24, 2.45) is 10.2 Å². The van der Waals surface area contributed by atoms with Crippen LogP contribution in [-0.4, -0.2) is 42.2 Å². The summed E-state index contributed by atoms with van der Waals surface area (Å²) in [5.41, 5.74) is 3.26. The first kappa shape index (κ1) is 22.4. The largest absolute Gasteiger partial charge is 0.493 e. The lowest BCUT2D eigenvalue weighted by atomic mass is 10.1. The van der Waals surface area contributed by atoms with E-state index in [9.17, 15) is 9.59 Å². The molecule has 0 spiro atoms. The van der Waals surface area contributed by atoms with E-state index in [0.717, 1.165) is 11.1 Å². The van der Waals surface area contributed by atoms with E-state index in [4.69, 9.17) is 9.47 Å². The molecule has 2 aromatic rings. The summed E-state index contributed by atoms with van der Waals surface area (Å²) in [6, 6.07) is 12.9. The second-order valence-corrected chi connectivity index (χ2v) is 8.07. The highest BCUT2D eigenvalue weighted by molar-refractivity contribution is 8.15. The van der Waals surface area contributed by atoms with E-state index >= 15 is 0 Å². The average molecular weight is 441 g/mol. The van der Waals surface area contributed by atoms with Crippen LogP contribution in [0.5, 0.6) is 11.5 Å². The first-order valence-electron chi connectivity index (χ1n) is 9.58. The van der Waals surface area contributed by atoms with E-state index in [1.807, 2.05) is 37.3 Å². The number of hydrogen-bond acceptors (Lipinski definition) is 7. The lowest BCUT2D eigenvalue weighted by Gasteiger charge is -2.08. The van der Waals surface area contributed by atoms with Crippen LogP contribution in [0.2, 0.25) is 0 Å². The third kappa shape index (κ3) is 5.85. The van der Waals surface area contributed by atoms with Gasteiger partial charge < -0.3 is 20.1 Å². The van der Waals surface area contributed by atoms with Crippen molar-refractivity contribution in [3.8, 4) is 11.5 Å². The van der Waals surface area contributed by atoms with E-state index in [1.165, 1.54) is 11.8 Å². The Labute approximate surface area is 185 Å². The number of hydrogen-bond donors (Lipinski definition) is 2. The Kier molecular flexibility index (Phi) is 7.30. The highest BCUT2D eigenvalue weighted by Crippen LogP contribution is 2.28. The molecular weight excluding hydrogens is 416 g/mol. The molecule has 1 heterocycles. The van der Waals surface area contributed by atoms with Gasteiger partial charge in [-0.3, -0.25) is 9.59 Å². The predicted molar refractivity (Wildman–Crippen MR) is 123 cm³/mol. The smallest absolute Gasteiger partial charge is 0.240 e. The van der Waals surface area contributed by atoms with Crippen molar-refractivity contribution in [2.75, 3.05) is 19.5 Å².